The molecule has 0 amide bonds. The van der Waals surface area contributed by atoms with Gasteiger partial charge in [-0.1, -0.05) is 74.6 Å². The Morgan fingerprint density at radius 3 is 2.19 bits per heavy atom. The van der Waals surface area contributed by atoms with Gasteiger partial charge in [0.25, 0.3) is 0 Å². The molecule has 2 aromatic rings. The molecule has 0 spiro atoms. The first-order valence-electron chi connectivity index (χ1n) is 9.88. The van der Waals surface area contributed by atoms with Crippen LogP contribution in [0, 0.1) is 17.2 Å². The van der Waals surface area contributed by atoms with Crippen molar-refractivity contribution in [3.63, 3.8) is 0 Å². The number of nitrogens with zero attached hydrogens (tertiary/aromatic N) is 1. The van der Waals surface area contributed by atoms with Gasteiger partial charge in [0.15, 0.2) is 5.75 Å². The van der Waals surface area contributed by atoms with Crippen molar-refractivity contribution < 1.29 is 78.3 Å². The summed E-state index contributed by atoms with van der Waals surface area (Å²) in [7, 11) is 1.79. The molecule has 0 saturated carbocycles. The minimum absolute atomic E-state index is 0. The maximum atomic E-state index is 9.56. The molecular weight excluding hydrogens is 549 g/mol. The van der Waals surface area contributed by atoms with E-state index in [0.29, 0.717) is 28.8 Å². The second-order valence-electron chi connectivity index (χ2n) is 8.48. The number of hydrogen-bond donors (Lipinski definition) is 0. The van der Waals surface area contributed by atoms with Crippen molar-refractivity contribution in [3.05, 3.63) is 64.0 Å². The summed E-state index contributed by atoms with van der Waals surface area (Å²) in [6, 6.07) is 14.1. The average Bonchev–Trinajstić information content (AvgIpc) is 2.71. The van der Waals surface area contributed by atoms with Crippen molar-refractivity contribution in [2.45, 2.75) is 52.6 Å². The number of ether oxygens (including phenoxy) is 1. The number of nitriles is 1. The number of halogens is 2. The first kappa shape index (κ1) is 29.4. The Morgan fingerprint density at radius 2 is 1.68 bits per heavy atom. The Kier molecular flexibility index (Phi) is 12.1. The molecule has 2 aromatic carbocycles. The monoisotopic (exact) mass is 576 g/mol. The van der Waals surface area contributed by atoms with Gasteiger partial charge in [-0.05, 0) is 23.3 Å². The first-order valence-corrected chi connectivity index (χ1v) is 10.8. The smallest absolute Gasteiger partial charge is 0.489 e. The van der Waals surface area contributed by atoms with Crippen molar-refractivity contribution in [1.29, 1.82) is 5.26 Å². The van der Waals surface area contributed by atoms with Crippen molar-refractivity contribution >= 4 is 36.1 Å². The van der Waals surface area contributed by atoms with Crippen LogP contribution in [0.4, 0.5) is 0 Å². The summed E-state index contributed by atoms with van der Waals surface area (Å²) >= 11 is 12.1. The van der Waals surface area contributed by atoms with Crippen LogP contribution in [0.1, 0.15) is 58.2 Å². The predicted octanol–water partition coefficient (Wildman–Crippen LogP) is 2.81. The molecule has 0 aromatic heterocycles. The summed E-state index contributed by atoms with van der Waals surface area (Å²) in [5, 5.41) is 9.97. The van der Waals surface area contributed by atoms with E-state index in [-0.39, 0.29) is 79.9 Å². The zero-order valence-electron chi connectivity index (χ0n) is 19.5. The standard InChI is InChI=1S/C24H28BCl2NO2.Cs/c1-16(2)24(5,6)30-25-20-9-7-18(8-10-20)23(3,4)19-13-17(15-28)22(21(27)14-19)29-12-11-26;/h7-10,13-14H,11-12H2,1-6H3;/q-1;+1. The topological polar surface area (TPSA) is 42.2 Å². The van der Waals surface area contributed by atoms with Gasteiger partial charge >= 0.3 is 76.4 Å². The van der Waals surface area contributed by atoms with Gasteiger partial charge < -0.3 is 9.39 Å². The number of alkyl halides is 1. The molecule has 0 unspecified atom stereocenters. The second-order valence-corrected chi connectivity index (χ2v) is 9.26. The summed E-state index contributed by atoms with van der Waals surface area (Å²) in [6.07, 6.45) is 0. The molecule has 0 fully saturated rings. The van der Waals surface area contributed by atoms with Gasteiger partial charge in [0.1, 0.15) is 12.7 Å². The fraction of sp³-hybridized carbons (Fsp3) is 0.417. The van der Waals surface area contributed by atoms with Crippen LogP contribution in [-0.4, -0.2) is 25.6 Å². The Labute approximate surface area is 256 Å². The molecule has 0 N–H and O–H groups in total. The summed E-state index contributed by atoms with van der Waals surface area (Å²) in [4.78, 5) is 0. The Bertz CT molecular complexity index is 909. The largest absolute Gasteiger partial charge is 1.00 e. The number of hydrogen-bond acceptors (Lipinski definition) is 3. The third-order valence-corrected chi connectivity index (χ3v) is 5.97. The summed E-state index contributed by atoms with van der Waals surface area (Å²) in [5.74, 6) is 1.92. The van der Waals surface area contributed by atoms with E-state index < -0.39 is 0 Å². The van der Waals surface area contributed by atoms with Gasteiger partial charge in [-0.25, -0.2) is 0 Å². The molecule has 0 aliphatic heterocycles. The van der Waals surface area contributed by atoms with E-state index in [1.165, 1.54) is 5.92 Å². The SMILES string of the molecule is C[C-](C)C(C)(C)O[B]c1ccc(C(C)(C)c2cc(Cl)c(OCCCl)c(C#N)c2)cc1.[Cs+]. The zero-order valence-corrected chi connectivity index (χ0v) is 27.3. The minimum Gasteiger partial charge on any atom is -0.489 e. The molecule has 0 saturated heterocycles. The second kappa shape index (κ2) is 12.7. The van der Waals surface area contributed by atoms with E-state index in [2.05, 4.69) is 45.9 Å². The molecule has 0 atom stereocenters. The van der Waals surface area contributed by atoms with Crippen molar-refractivity contribution in [1.82, 2.24) is 0 Å². The van der Waals surface area contributed by atoms with E-state index in [1.54, 1.807) is 7.48 Å². The molecule has 0 aliphatic carbocycles. The maximum Gasteiger partial charge on any atom is 1.00 e. The molecule has 2 rings (SSSR count). The molecule has 31 heavy (non-hydrogen) atoms. The molecule has 3 nitrogen and oxygen atoms in total. The van der Waals surface area contributed by atoms with Crippen LogP contribution in [0.5, 0.6) is 5.75 Å². The zero-order chi connectivity index (χ0) is 22.5. The molecule has 0 bridgehead atoms. The van der Waals surface area contributed by atoms with E-state index in [9.17, 15) is 5.26 Å². The van der Waals surface area contributed by atoms with Crippen molar-refractivity contribution in [2.75, 3.05) is 12.5 Å². The average molecular weight is 577 g/mol. The fourth-order valence-corrected chi connectivity index (χ4v) is 3.15. The quantitative estimate of drug-likeness (QED) is 0.262. The van der Waals surface area contributed by atoms with Crippen LogP contribution < -0.4 is 79.1 Å². The van der Waals surface area contributed by atoms with Crippen LogP contribution in [-0.2, 0) is 10.1 Å². The summed E-state index contributed by atoms with van der Waals surface area (Å²) < 4.78 is 11.5. The van der Waals surface area contributed by atoms with Crippen LogP contribution in [0.15, 0.2) is 36.4 Å². The van der Waals surface area contributed by atoms with Crippen LogP contribution >= 0.6 is 23.2 Å². The van der Waals surface area contributed by atoms with E-state index in [4.69, 9.17) is 32.6 Å². The van der Waals surface area contributed by atoms with E-state index >= 15 is 0 Å². The van der Waals surface area contributed by atoms with Crippen molar-refractivity contribution in [2.24, 2.45) is 0 Å². The van der Waals surface area contributed by atoms with Gasteiger partial charge in [-0.2, -0.15) is 19.1 Å². The van der Waals surface area contributed by atoms with Crippen molar-refractivity contribution in [3.8, 4) is 11.8 Å². The molecule has 0 heterocycles. The Hall–Kier alpha value is 0.387. The number of benzene rings is 2. The van der Waals surface area contributed by atoms with Gasteiger partial charge in [-0.3, -0.25) is 5.92 Å². The first-order chi connectivity index (χ1) is 14.0. The van der Waals surface area contributed by atoms with Crippen LogP contribution in [0.2, 0.25) is 5.02 Å². The third-order valence-electron chi connectivity index (χ3n) is 5.54. The van der Waals surface area contributed by atoms with Gasteiger partial charge in [0, 0.05) is 5.41 Å². The third kappa shape index (κ3) is 7.70. The molecule has 7 heteroatoms. The van der Waals surface area contributed by atoms with Gasteiger partial charge in [0.2, 0.25) is 0 Å². The summed E-state index contributed by atoms with van der Waals surface area (Å²) in [6.45, 7) is 12.7. The maximum absolute atomic E-state index is 9.56. The van der Waals surface area contributed by atoms with Gasteiger partial charge in [-0.15, -0.1) is 11.6 Å². The predicted molar refractivity (Wildman–Crippen MR) is 126 cm³/mol. The molecule has 159 valence electrons. The fourth-order valence-electron chi connectivity index (χ4n) is 2.80. The molecule has 0 aliphatic rings. The van der Waals surface area contributed by atoms with Crippen LogP contribution in [0.25, 0.3) is 0 Å². The van der Waals surface area contributed by atoms with E-state index in [0.717, 1.165) is 16.6 Å². The normalized spacial score (nSPS) is 11.6. The minimum atomic E-state index is -0.354. The Morgan fingerprint density at radius 1 is 1.06 bits per heavy atom. The van der Waals surface area contributed by atoms with Crippen LogP contribution in [0.3, 0.4) is 0 Å². The molecule has 1 radical (unpaired) electrons. The summed E-state index contributed by atoms with van der Waals surface area (Å²) in [5.41, 5.74) is 2.77. The van der Waals surface area contributed by atoms with E-state index in [1.807, 2.05) is 38.1 Å². The van der Waals surface area contributed by atoms with Gasteiger partial charge in [0.05, 0.1) is 16.5 Å². The Balaban J connectivity index is 0.00000480. The number of rotatable bonds is 9. The molecular formula is C24H28BCl2CsNO2.